The summed E-state index contributed by atoms with van der Waals surface area (Å²) in [5, 5.41) is 10.9. The first-order valence-electron chi connectivity index (χ1n) is 9.06. The SMILES string of the molecule is CCNC(=NCc1cc(C(C)C)no1)NCC1CCC(C)CC1.I. The second-order valence-corrected chi connectivity index (χ2v) is 7.07. The van der Waals surface area contributed by atoms with Crippen molar-refractivity contribution in [1.82, 2.24) is 15.8 Å². The normalized spacial score (nSPS) is 21.5. The van der Waals surface area contributed by atoms with E-state index in [4.69, 9.17) is 4.52 Å². The number of hydrogen-bond donors (Lipinski definition) is 2. The van der Waals surface area contributed by atoms with Crippen molar-refractivity contribution in [3.05, 3.63) is 17.5 Å². The van der Waals surface area contributed by atoms with E-state index in [1.165, 1.54) is 25.7 Å². The summed E-state index contributed by atoms with van der Waals surface area (Å²) in [6.07, 6.45) is 5.37. The molecule has 0 amide bonds. The molecule has 6 heteroatoms. The Morgan fingerprint density at radius 1 is 1.29 bits per heavy atom. The average Bonchev–Trinajstić information content (AvgIpc) is 3.01. The molecule has 0 aromatic carbocycles. The van der Waals surface area contributed by atoms with Gasteiger partial charge in [0, 0.05) is 19.2 Å². The van der Waals surface area contributed by atoms with Gasteiger partial charge in [0.05, 0.1) is 5.69 Å². The summed E-state index contributed by atoms with van der Waals surface area (Å²) >= 11 is 0. The largest absolute Gasteiger partial charge is 0.359 e. The van der Waals surface area contributed by atoms with Crippen LogP contribution in [0.1, 0.15) is 70.8 Å². The summed E-state index contributed by atoms with van der Waals surface area (Å²) < 4.78 is 5.35. The molecule has 1 fully saturated rings. The Bertz CT molecular complexity index is 493. The maximum absolute atomic E-state index is 5.35. The van der Waals surface area contributed by atoms with Crippen LogP contribution in [0.2, 0.25) is 0 Å². The van der Waals surface area contributed by atoms with Gasteiger partial charge in [0.25, 0.3) is 0 Å². The Morgan fingerprint density at radius 3 is 2.58 bits per heavy atom. The van der Waals surface area contributed by atoms with E-state index in [1.807, 2.05) is 6.07 Å². The van der Waals surface area contributed by atoms with E-state index in [0.717, 1.165) is 42.3 Å². The fourth-order valence-corrected chi connectivity index (χ4v) is 2.95. The zero-order valence-electron chi connectivity index (χ0n) is 15.5. The third-order valence-corrected chi connectivity index (χ3v) is 4.60. The van der Waals surface area contributed by atoms with Crippen molar-refractivity contribution in [2.45, 2.75) is 65.8 Å². The molecule has 1 aliphatic carbocycles. The maximum Gasteiger partial charge on any atom is 0.191 e. The van der Waals surface area contributed by atoms with Gasteiger partial charge < -0.3 is 15.2 Å². The highest BCUT2D eigenvalue weighted by Gasteiger charge is 2.18. The maximum atomic E-state index is 5.35. The molecule has 0 aliphatic heterocycles. The van der Waals surface area contributed by atoms with Crippen LogP contribution in [0.5, 0.6) is 0 Å². The number of nitrogens with zero attached hydrogens (tertiary/aromatic N) is 2. The minimum Gasteiger partial charge on any atom is -0.359 e. The lowest BCUT2D eigenvalue weighted by atomic mass is 9.83. The van der Waals surface area contributed by atoms with Crippen molar-refractivity contribution in [2.75, 3.05) is 13.1 Å². The zero-order valence-corrected chi connectivity index (χ0v) is 17.8. The van der Waals surface area contributed by atoms with Crippen molar-refractivity contribution >= 4 is 29.9 Å². The summed E-state index contributed by atoms with van der Waals surface area (Å²) in [6, 6.07) is 2.00. The first kappa shape index (κ1) is 21.3. The molecule has 1 aliphatic rings. The minimum atomic E-state index is 0. The Labute approximate surface area is 163 Å². The first-order chi connectivity index (χ1) is 11.1. The molecule has 2 rings (SSSR count). The third kappa shape index (κ3) is 6.99. The van der Waals surface area contributed by atoms with E-state index < -0.39 is 0 Å². The summed E-state index contributed by atoms with van der Waals surface area (Å²) in [6.45, 7) is 11.1. The topological polar surface area (TPSA) is 62.5 Å². The van der Waals surface area contributed by atoms with E-state index in [-0.39, 0.29) is 24.0 Å². The number of rotatable bonds is 6. The number of aliphatic imine (C=N–C) groups is 1. The predicted molar refractivity (Wildman–Crippen MR) is 110 cm³/mol. The van der Waals surface area contributed by atoms with Crippen molar-refractivity contribution in [3.63, 3.8) is 0 Å². The van der Waals surface area contributed by atoms with Crippen molar-refractivity contribution in [3.8, 4) is 0 Å². The van der Waals surface area contributed by atoms with Gasteiger partial charge >= 0.3 is 0 Å². The summed E-state index contributed by atoms with van der Waals surface area (Å²) in [7, 11) is 0. The summed E-state index contributed by atoms with van der Waals surface area (Å²) in [4.78, 5) is 4.62. The van der Waals surface area contributed by atoms with Crippen LogP contribution >= 0.6 is 24.0 Å². The monoisotopic (exact) mass is 448 g/mol. The molecule has 1 aromatic rings. The van der Waals surface area contributed by atoms with E-state index in [9.17, 15) is 0 Å². The van der Waals surface area contributed by atoms with E-state index in [0.29, 0.717) is 12.5 Å². The lowest BCUT2D eigenvalue weighted by molar-refractivity contribution is 0.289. The van der Waals surface area contributed by atoms with Gasteiger partial charge in [0.15, 0.2) is 11.7 Å². The Hall–Kier alpha value is -0.790. The molecule has 0 radical (unpaired) electrons. The first-order valence-corrected chi connectivity index (χ1v) is 9.06. The Morgan fingerprint density at radius 2 is 2.00 bits per heavy atom. The minimum absolute atomic E-state index is 0. The molecule has 1 heterocycles. The lowest BCUT2D eigenvalue weighted by Gasteiger charge is -2.26. The molecular weight excluding hydrogens is 415 g/mol. The van der Waals surface area contributed by atoms with Crippen LogP contribution in [0.3, 0.4) is 0 Å². The molecule has 0 atom stereocenters. The van der Waals surface area contributed by atoms with Crippen LogP contribution in [0, 0.1) is 11.8 Å². The van der Waals surface area contributed by atoms with Gasteiger partial charge in [-0.25, -0.2) is 4.99 Å². The number of halogens is 1. The van der Waals surface area contributed by atoms with E-state index >= 15 is 0 Å². The second kappa shape index (κ2) is 10.9. The number of hydrogen-bond acceptors (Lipinski definition) is 3. The highest BCUT2D eigenvalue weighted by molar-refractivity contribution is 14.0. The van der Waals surface area contributed by atoms with Crippen LogP contribution in [-0.2, 0) is 6.54 Å². The molecule has 138 valence electrons. The van der Waals surface area contributed by atoms with Gasteiger partial charge in [-0.15, -0.1) is 24.0 Å². The van der Waals surface area contributed by atoms with Gasteiger partial charge in [-0.1, -0.05) is 38.8 Å². The molecular formula is C18H33IN4O. The summed E-state index contributed by atoms with van der Waals surface area (Å²) in [5.74, 6) is 3.74. The van der Waals surface area contributed by atoms with Gasteiger partial charge in [-0.2, -0.15) is 0 Å². The van der Waals surface area contributed by atoms with Crippen molar-refractivity contribution in [2.24, 2.45) is 16.8 Å². The standard InChI is InChI=1S/C18H32N4O.HI/c1-5-19-18(20-11-15-8-6-14(4)7-9-15)21-12-16-10-17(13(2)3)22-23-16;/h10,13-15H,5-9,11-12H2,1-4H3,(H2,19,20,21);1H. The number of guanidine groups is 1. The molecule has 0 saturated heterocycles. The second-order valence-electron chi connectivity index (χ2n) is 7.07. The van der Waals surface area contributed by atoms with Gasteiger partial charge in [0.2, 0.25) is 0 Å². The molecule has 0 bridgehead atoms. The zero-order chi connectivity index (χ0) is 16.7. The van der Waals surface area contributed by atoms with Crippen LogP contribution in [0.15, 0.2) is 15.6 Å². The molecule has 0 unspecified atom stereocenters. The average molecular weight is 448 g/mol. The fraction of sp³-hybridized carbons (Fsp3) is 0.778. The number of nitrogens with one attached hydrogen (secondary N) is 2. The van der Waals surface area contributed by atoms with Crippen molar-refractivity contribution in [1.29, 1.82) is 0 Å². The molecule has 2 N–H and O–H groups in total. The van der Waals surface area contributed by atoms with Crippen LogP contribution in [0.4, 0.5) is 0 Å². The van der Waals surface area contributed by atoms with Gasteiger partial charge in [0.1, 0.15) is 6.54 Å². The predicted octanol–water partition coefficient (Wildman–Crippen LogP) is 4.30. The highest BCUT2D eigenvalue weighted by atomic mass is 127. The van der Waals surface area contributed by atoms with Crippen molar-refractivity contribution < 1.29 is 4.52 Å². The van der Waals surface area contributed by atoms with Crippen LogP contribution in [0.25, 0.3) is 0 Å². The van der Waals surface area contributed by atoms with Gasteiger partial charge in [-0.05, 0) is 37.5 Å². The van der Waals surface area contributed by atoms with Gasteiger partial charge in [-0.3, -0.25) is 0 Å². The van der Waals surface area contributed by atoms with Crippen LogP contribution < -0.4 is 10.6 Å². The fourth-order valence-electron chi connectivity index (χ4n) is 2.95. The number of aromatic nitrogens is 1. The molecule has 0 spiro atoms. The van der Waals surface area contributed by atoms with E-state index in [2.05, 4.69) is 48.5 Å². The quantitative estimate of drug-likeness (QED) is 0.387. The smallest absolute Gasteiger partial charge is 0.191 e. The molecule has 24 heavy (non-hydrogen) atoms. The summed E-state index contributed by atoms with van der Waals surface area (Å²) in [5.41, 5.74) is 0.990. The molecule has 1 aromatic heterocycles. The third-order valence-electron chi connectivity index (χ3n) is 4.60. The highest BCUT2D eigenvalue weighted by Crippen LogP contribution is 2.27. The lowest BCUT2D eigenvalue weighted by Crippen LogP contribution is -2.40. The molecule has 5 nitrogen and oxygen atoms in total. The van der Waals surface area contributed by atoms with Crippen LogP contribution in [-0.4, -0.2) is 24.2 Å². The Kier molecular flexibility index (Phi) is 9.69. The Balaban J connectivity index is 0.00000288. The van der Waals surface area contributed by atoms with E-state index in [1.54, 1.807) is 0 Å². The molecule has 1 saturated carbocycles.